The SMILES string of the molecule is [2H]c1c([2H])c([2H])c2c(-c3c([2H])c([2H])c4c(-c5c([2H])c([2H])c([2H])c6c([2H])c([2H])c([2H])c([2H])c56)c5c([2H])c([2H])c([2H])c([2H])c5c(-c5ccc(-c6ccc7ccccc7c6)cc5)c4c3[2H])c([2H])c([2H])c([2H])c2c1[2H]. The van der Waals surface area contributed by atoms with E-state index in [1.165, 1.54) is 0 Å². The van der Waals surface area contributed by atoms with Crippen LogP contribution < -0.4 is 0 Å². The van der Waals surface area contributed by atoms with Crippen LogP contribution in [-0.2, 0) is 0 Å². The highest BCUT2D eigenvalue weighted by Crippen LogP contribution is 2.47. The summed E-state index contributed by atoms with van der Waals surface area (Å²) in [5.41, 5.74) is -0.757. The molecular formula is C50H32. The van der Waals surface area contributed by atoms with Gasteiger partial charge >= 0.3 is 0 Å². The van der Waals surface area contributed by atoms with Crippen LogP contribution in [0.15, 0.2) is 194 Å². The Labute approximate surface area is 321 Å². The van der Waals surface area contributed by atoms with Crippen LogP contribution in [0, 0.1) is 0 Å². The Bertz CT molecular complexity index is 4090. The summed E-state index contributed by atoms with van der Waals surface area (Å²) in [5.74, 6) is 0. The van der Waals surface area contributed by atoms with Crippen molar-refractivity contribution in [1.29, 1.82) is 0 Å². The maximum Gasteiger partial charge on any atom is 0.0636 e. The molecule has 10 rings (SSSR count). The van der Waals surface area contributed by atoms with E-state index in [0.717, 1.165) is 16.3 Å². The fraction of sp³-hybridized carbons (Fsp3) is 0. The molecule has 10 aromatic carbocycles. The first-order valence-corrected chi connectivity index (χ1v) is 15.6. The minimum Gasteiger partial charge on any atom is -0.0616 e. The van der Waals surface area contributed by atoms with E-state index in [2.05, 4.69) is 0 Å². The van der Waals surface area contributed by atoms with Gasteiger partial charge in [0.15, 0.2) is 0 Å². The van der Waals surface area contributed by atoms with Crippen LogP contribution in [0.5, 0.6) is 0 Å². The van der Waals surface area contributed by atoms with Gasteiger partial charge in [0.2, 0.25) is 0 Å². The summed E-state index contributed by atoms with van der Waals surface area (Å²) in [5, 5.41) is -1.74. The molecule has 0 fully saturated rings. The third kappa shape index (κ3) is 4.61. The Morgan fingerprint density at radius 2 is 0.840 bits per heavy atom. The molecule has 0 aliphatic rings. The summed E-state index contributed by atoms with van der Waals surface area (Å²) in [4.78, 5) is 0. The Hall–Kier alpha value is -6.50. The Kier molecular flexibility index (Phi) is 3.37. The molecule has 0 radical (unpaired) electrons. The lowest BCUT2D eigenvalue weighted by Crippen LogP contribution is -1.93. The zero-order chi connectivity index (χ0) is 51.3. The van der Waals surface area contributed by atoms with E-state index >= 15 is 0 Å². The number of hydrogen-bond donors (Lipinski definition) is 0. The van der Waals surface area contributed by atoms with Crippen LogP contribution in [-0.4, -0.2) is 0 Å². The summed E-state index contributed by atoms with van der Waals surface area (Å²) in [6, 6.07) is 3.50. The average Bonchev–Trinajstić information content (AvgIpc) is 3.37. The van der Waals surface area contributed by atoms with E-state index in [9.17, 15) is 9.60 Å². The second-order valence-electron chi connectivity index (χ2n) is 11.6. The van der Waals surface area contributed by atoms with E-state index in [0.29, 0.717) is 5.56 Å². The van der Waals surface area contributed by atoms with Gasteiger partial charge in [-0.3, -0.25) is 0 Å². The summed E-state index contributed by atoms with van der Waals surface area (Å²) < 4.78 is 191. The average molecular weight is 654 g/mol. The highest BCUT2D eigenvalue weighted by atomic mass is 14.2. The quantitative estimate of drug-likeness (QED) is 0.166. The monoisotopic (exact) mass is 653 g/mol. The molecule has 0 amide bonds. The van der Waals surface area contributed by atoms with Gasteiger partial charge in [0.25, 0.3) is 0 Å². The van der Waals surface area contributed by atoms with Gasteiger partial charge < -0.3 is 0 Å². The molecule has 0 saturated carbocycles. The van der Waals surface area contributed by atoms with Crippen LogP contribution in [0.1, 0.15) is 28.8 Å². The van der Waals surface area contributed by atoms with Gasteiger partial charge in [-0.1, -0.05) is 182 Å². The summed E-state index contributed by atoms with van der Waals surface area (Å²) in [7, 11) is 0. The number of hydrogen-bond acceptors (Lipinski definition) is 0. The molecule has 0 atom stereocenters. The van der Waals surface area contributed by atoms with Crippen molar-refractivity contribution in [3.63, 3.8) is 0 Å². The zero-order valence-electron chi connectivity index (χ0n) is 46.9. The third-order valence-electron chi connectivity index (χ3n) is 8.88. The van der Waals surface area contributed by atoms with Gasteiger partial charge in [-0.25, -0.2) is 0 Å². The molecule has 0 heterocycles. The van der Waals surface area contributed by atoms with Crippen LogP contribution in [0.25, 0.3) is 98.4 Å². The first kappa shape index (κ1) is 14.5. The van der Waals surface area contributed by atoms with Crippen molar-refractivity contribution in [2.24, 2.45) is 0 Å². The number of benzene rings is 10. The van der Waals surface area contributed by atoms with Gasteiger partial charge in [-0.05, 0) is 110 Å². The minimum atomic E-state index is -0.901. The first-order chi connectivity index (χ1) is 33.5. The maximum atomic E-state index is 10.2. The standard InChI is InChI=1S/C50H32/c1-2-14-38-31-39(28-25-33(38)11-1)34-23-26-37(27-24-34)49-45-19-7-8-20-46(45)50(44-22-10-16-36-13-4-6-18-42(36)44)47-30-29-40(32-48(47)49)43-21-9-15-35-12-3-5-17-41(35)43/h1-32H/i3D,4D,5D,6D,7D,8D,9D,10D,12D,13D,15D,16D,17D,18D,19D,20D,21D,22D,29D,30D,32D. The predicted octanol–water partition coefficient (Wildman–Crippen LogP) is 14.1. The van der Waals surface area contributed by atoms with Crippen LogP contribution in [0.4, 0.5) is 0 Å². The van der Waals surface area contributed by atoms with Crippen LogP contribution in [0.3, 0.4) is 0 Å². The Morgan fingerprint density at radius 1 is 0.300 bits per heavy atom. The van der Waals surface area contributed by atoms with Gasteiger partial charge in [-0.2, -0.15) is 0 Å². The summed E-state index contributed by atoms with van der Waals surface area (Å²) in [6.45, 7) is 0. The summed E-state index contributed by atoms with van der Waals surface area (Å²) >= 11 is 0. The lowest BCUT2D eigenvalue weighted by atomic mass is 9.83. The van der Waals surface area contributed by atoms with Gasteiger partial charge in [0, 0.05) is 0 Å². The van der Waals surface area contributed by atoms with Crippen LogP contribution >= 0.6 is 0 Å². The topological polar surface area (TPSA) is 0 Å². The zero-order valence-corrected chi connectivity index (χ0v) is 25.9. The van der Waals surface area contributed by atoms with Crippen molar-refractivity contribution >= 4 is 53.9 Å². The van der Waals surface area contributed by atoms with E-state index in [1.807, 2.05) is 42.5 Å². The highest BCUT2D eigenvalue weighted by molar-refractivity contribution is 6.24. The molecule has 0 aliphatic carbocycles. The lowest BCUT2D eigenvalue weighted by Gasteiger charge is -2.20. The molecule has 0 nitrogen and oxygen atoms in total. The minimum absolute atomic E-state index is 0.141. The molecule has 0 spiro atoms. The van der Waals surface area contributed by atoms with Crippen molar-refractivity contribution < 1.29 is 28.8 Å². The normalized spacial score (nSPS) is 17.5. The second kappa shape index (κ2) is 11.6. The third-order valence-corrected chi connectivity index (χ3v) is 8.88. The smallest absolute Gasteiger partial charge is 0.0616 e. The van der Waals surface area contributed by atoms with Crippen LogP contribution in [0.2, 0.25) is 0 Å². The first-order valence-electron chi connectivity index (χ1n) is 26.1. The molecule has 232 valence electrons. The van der Waals surface area contributed by atoms with Crippen molar-refractivity contribution in [1.82, 2.24) is 0 Å². The van der Waals surface area contributed by atoms with Gasteiger partial charge in [-0.15, -0.1) is 0 Å². The highest BCUT2D eigenvalue weighted by Gasteiger charge is 2.19. The van der Waals surface area contributed by atoms with Crippen molar-refractivity contribution in [3.8, 4) is 44.5 Å². The predicted molar refractivity (Wildman–Crippen MR) is 216 cm³/mol. The van der Waals surface area contributed by atoms with Crippen molar-refractivity contribution in [3.05, 3.63) is 194 Å². The Morgan fingerprint density at radius 3 is 1.58 bits per heavy atom. The molecule has 0 aliphatic heterocycles. The molecule has 50 heavy (non-hydrogen) atoms. The molecule has 0 unspecified atom stereocenters. The largest absolute Gasteiger partial charge is 0.0636 e. The molecule has 0 heteroatoms. The molecule has 0 aromatic heterocycles. The maximum absolute atomic E-state index is 10.2. The number of rotatable bonds is 4. The van der Waals surface area contributed by atoms with Gasteiger partial charge in [0.05, 0.1) is 28.8 Å². The molecule has 0 N–H and O–H groups in total. The van der Waals surface area contributed by atoms with Gasteiger partial charge in [0.1, 0.15) is 0 Å². The molecule has 0 saturated heterocycles. The second-order valence-corrected chi connectivity index (χ2v) is 11.6. The molecular weight excluding hydrogens is 601 g/mol. The van der Waals surface area contributed by atoms with Crippen molar-refractivity contribution in [2.45, 2.75) is 0 Å². The van der Waals surface area contributed by atoms with E-state index in [4.69, 9.17) is 19.2 Å². The van der Waals surface area contributed by atoms with E-state index in [-0.39, 0.29) is 21.9 Å². The molecule has 0 bridgehead atoms. The molecule has 10 aromatic rings. The number of fused-ring (bicyclic) bond motifs is 5. The van der Waals surface area contributed by atoms with E-state index < -0.39 is 181 Å². The van der Waals surface area contributed by atoms with E-state index in [1.54, 1.807) is 24.3 Å². The summed E-state index contributed by atoms with van der Waals surface area (Å²) in [6.07, 6.45) is 0. The fourth-order valence-corrected chi connectivity index (χ4v) is 6.58. The Balaban J connectivity index is 1.50. The lowest BCUT2D eigenvalue weighted by molar-refractivity contribution is 1.62. The van der Waals surface area contributed by atoms with Crippen molar-refractivity contribution in [2.75, 3.05) is 0 Å². The fourth-order valence-electron chi connectivity index (χ4n) is 6.58.